The van der Waals surface area contributed by atoms with E-state index in [0.717, 1.165) is 12.1 Å². The van der Waals surface area contributed by atoms with E-state index in [1.807, 2.05) is 0 Å². The third-order valence-corrected chi connectivity index (χ3v) is 5.62. The number of benzene rings is 2. The van der Waals surface area contributed by atoms with E-state index < -0.39 is 17.1 Å². The van der Waals surface area contributed by atoms with Gasteiger partial charge in [-0.05, 0) is 51.8 Å². The third kappa shape index (κ3) is 3.43. The van der Waals surface area contributed by atoms with Crippen molar-refractivity contribution in [3.63, 3.8) is 0 Å². The van der Waals surface area contributed by atoms with Crippen LogP contribution in [0.4, 0.5) is 18.9 Å². The fourth-order valence-electron chi connectivity index (χ4n) is 2.48. The van der Waals surface area contributed by atoms with Crippen LogP contribution >= 0.6 is 39.3 Å². The van der Waals surface area contributed by atoms with Gasteiger partial charge in [0.2, 0.25) is 5.91 Å². The van der Waals surface area contributed by atoms with Crippen LogP contribution in [0.1, 0.15) is 16.5 Å². The van der Waals surface area contributed by atoms with Crippen molar-refractivity contribution in [1.82, 2.24) is 0 Å². The van der Waals surface area contributed by atoms with Gasteiger partial charge in [0.1, 0.15) is 5.37 Å². The molecule has 1 fully saturated rings. The summed E-state index contributed by atoms with van der Waals surface area (Å²) in [5.41, 5.74) is 0.286. The number of rotatable bonds is 2. The first-order chi connectivity index (χ1) is 11.3. The summed E-state index contributed by atoms with van der Waals surface area (Å²) in [6.45, 7) is 0. The smallest absolute Gasteiger partial charge is 0.294 e. The Kier molecular flexibility index (Phi) is 4.86. The Hall–Kier alpha value is -1.18. The van der Waals surface area contributed by atoms with Crippen molar-refractivity contribution < 1.29 is 18.0 Å². The van der Waals surface area contributed by atoms with Gasteiger partial charge in [0.25, 0.3) is 0 Å². The molecule has 3 rings (SSSR count). The quantitative estimate of drug-likeness (QED) is 0.584. The normalized spacial score (nSPS) is 18.3. The van der Waals surface area contributed by atoms with E-state index >= 15 is 0 Å². The van der Waals surface area contributed by atoms with Crippen LogP contribution in [0.5, 0.6) is 0 Å². The van der Waals surface area contributed by atoms with E-state index in [2.05, 4.69) is 15.9 Å². The average Bonchev–Trinajstić information content (AvgIpc) is 2.88. The second kappa shape index (κ2) is 6.61. The number of hydrogen-bond donors (Lipinski definition) is 0. The van der Waals surface area contributed by atoms with Crippen LogP contribution in [0.25, 0.3) is 0 Å². The number of amides is 1. The van der Waals surface area contributed by atoms with Gasteiger partial charge < -0.3 is 0 Å². The van der Waals surface area contributed by atoms with Crippen molar-refractivity contribution in [2.45, 2.75) is 11.6 Å². The number of anilines is 1. The molecule has 0 N–H and O–H groups in total. The SMILES string of the molecule is O=C1CSC(c2cccc(C(F)(F)F)c2)N1c1ccc(Cl)cc1Br. The van der Waals surface area contributed by atoms with E-state index in [1.165, 1.54) is 22.7 Å². The van der Waals surface area contributed by atoms with Crippen LogP contribution in [0.15, 0.2) is 46.9 Å². The molecule has 1 amide bonds. The topological polar surface area (TPSA) is 20.3 Å². The second-order valence-corrected chi connectivity index (χ2v) is 7.51. The average molecular weight is 437 g/mol. The van der Waals surface area contributed by atoms with Gasteiger partial charge in [-0.3, -0.25) is 9.69 Å². The Bertz CT molecular complexity index is 799. The van der Waals surface area contributed by atoms with Crippen LogP contribution in [-0.2, 0) is 11.0 Å². The third-order valence-electron chi connectivity index (χ3n) is 3.54. The van der Waals surface area contributed by atoms with Crippen molar-refractivity contribution in [1.29, 1.82) is 0 Å². The van der Waals surface area contributed by atoms with Gasteiger partial charge in [-0.15, -0.1) is 11.8 Å². The summed E-state index contributed by atoms with van der Waals surface area (Å²) in [4.78, 5) is 13.8. The minimum atomic E-state index is -4.42. The van der Waals surface area contributed by atoms with Crippen LogP contribution in [0.3, 0.4) is 0 Å². The molecule has 2 nitrogen and oxygen atoms in total. The van der Waals surface area contributed by atoms with Crippen molar-refractivity contribution in [3.05, 3.63) is 63.1 Å². The number of hydrogen-bond acceptors (Lipinski definition) is 2. The summed E-state index contributed by atoms with van der Waals surface area (Å²) < 4.78 is 39.5. The van der Waals surface area contributed by atoms with Crippen LogP contribution < -0.4 is 4.90 Å². The van der Waals surface area contributed by atoms with E-state index in [9.17, 15) is 18.0 Å². The summed E-state index contributed by atoms with van der Waals surface area (Å²) >= 11 is 10.6. The number of carbonyl (C=O) groups excluding carboxylic acids is 1. The fourth-order valence-corrected chi connectivity index (χ4v) is 4.51. The lowest BCUT2D eigenvalue weighted by atomic mass is 10.1. The van der Waals surface area contributed by atoms with Crippen LogP contribution in [-0.4, -0.2) is 11.7 Å². The molecule has 1 saturated heterocycles. The number of nitrogens with zero attached hydrogens (tertiary/aromatic N) is 1. The lowest BCUT2D eigenvalue weighted by Gasteiger charge is -2.26. The molecule has 0 radical (unpaired) electrons. The lowest BCUT2D eigenvalue weighted by Crippen LogP contribution is -2.28. The maximum atomic E-state index is 13.0. The maximum Gasteiger partial charge on any atom is 0.416 e. The molecule has 24 heavy (non-hydrogen) atoms. The summed E-state index contributed by atoms with van der Waals surface area (Å²) in [7, 11) is 0. The summed E-state index contributed by atoms with van der Waals surface area (Å²) in [6.07, 6.45) is -4.42. The van der Waals surface area contributed by atoms with Gasteiger partial charge in [-0.25, -0.2) is 0 Å². The Morgan fingerprint density at radius 1 is 1.21 bits per heavy atom. The molecule has 1 heterocycles. The van der Waals surface area contributed by atoms with Gasteiger partial charge in [0.15, 0.2) is 0 Å². The number of alkyl halides is 3. The first kappa shape index (κ1) is 17.6. The monoisotopic (exact) mass is 435 g/mol. The highest BCUT2D eigenvalue weighted by Gasteiger charge is 2.37. The molecular weight excluding hydrogens is 427 g/mol. The fraction of sp³-hybridized carbons (Fsp3) is 0.188. The molecule has 0 aromatic heterocycles. The highest BCUT2D eigenvalue weighted by molar-refractivity contribution is 9.10. The van der Waals surface area contributed by atoms with Crippen molar-refractivity contribution in [3.8, 4) is 0 Å². The molecule has 1 atom stereocenters. The predicted octanol–water partition coefficient (Wildman–Crippen LogP) is 5.90. The van der Waals surface area contributed by atoms with Crippen LogP contribution in [0, 0.1) is 0 Å². The number of halogens is 5. The number of thioether (sulfide) groups is 1. The minimum Gasteiger partial charge on any atom is -0.294 e. The Morgan fingerprint density at radius 3 is 2.62 bits per heavy atom. The molecule has 0 spiro atoms. The van der Waals surface area contributed by atoms with Gasteiger partial charge in [-0.2, -0.15) is 13.2 Å². The molecule has 126 valence electrons. The molecule has 1 aliphatic heterocycles. The standard InChI is InChI=1S/C16H10BrClF3NOS/c17-12-7-11(18)4-5-13(12)22-14(23)8-24-15(22)9-2-1-3-10(6-9)16(19,20)21/h1-7,15H,8H2. The molecule has 0 aliphatic carbocycles. The van der Waals surface area contributed by atoms with Gasteiger partial charge in [0.05, 0.1) is 17.0 Å². The molecule has 1 aliphatic rings. The van der Waals surface area contributed by atoms with Crippen molar-refractivity contribution >= 4 is 50.9 Å². The Labute approximate surface area is 154 Å². The lowest BCUT2D eigenvalue weighted by molar-refractivity contribution is -0.137. The minimum absolute atomic E-state index is 0.162. The largest absolute Gasteiger partial charge is 0.416 e. The maximum absolute atomic E-state index is 13.0. The zero-order valence-corrected chi connectivity index (χ0v) is 15.1. The zero-order chi connectivity index (χ0) is 17.5. The number of carbonyl (C=O) groups is 1. The Morgan fingerprint density at radius 2 is 1.96 bits per heavy atom. The summed E-state index contributed by atoms with van der Waals surface area (Å²) in [6, 6.07) is 10.0. The van der Waals surface area contributed by atoms with Crippen molar-refractivity contribution in [2.75, 3.05) is 10.7 Å². The highest BCUT2D eigenvalue weighted by Crippen LogP contribution is 2.45. The van der Waals surface area contributed by atoms with E-state index in [4.69, 9.17) is 11.6 Å². The van der Waals surface area contributed by atoms with E-state index in [0.29, 0.717) is 20.7 Å². The molecule has 0 bridgehead atoms. The van der Waals surface area contributed by atoms with Gasteiger partial charge in [-0.1, -0.05) is 23.7 Å². The molecular formula is C16H10BrClF3NOS. The molecule has 2 aromatic rings. The van der Waals surface area contributed by atoms with E-state index in [1.54, 1.807) is 24.3 Å². The van der Waals surface area contributed by atoms with Crippen molar-refractivity contribution in [2.24, 2.45) is 0 Å². The first-order valence-electron chi connectivity index (χ1n) is 6.83. The van der Waals surface area contributed by atoms with Gasteiger partial charge >= 0.3 is 6.18 Å². The zero-order valence-electron chi connectivity index (χ0n) is 12.0. The van der Waals surface area contributed by atoms with Gasteiger partial charge in [0, 0.05) is 9.50 Å². The molecule has 1 unspecified atom stereocenters. The van der Waals surface area contributed by atoms with E-state index in [-0.39, 0.29) is 11.7 Å². The first-order valence-corrected chi connectivity index (χ1v) is 9.05. The summed E-state index contributed by atoms with van der Waals surface area (Å²) in [5, 5.41) is -0.0159. The highest BCUT2D eigenvalue weighted by atomic mass is 79.9. The molecule has 2 aromatic carbocycles. The Balaban J connectivity index is 2.02. The van der Waals surface area contributed by atoms with Crippen LogP contribution in [0.2, 0.25) is 5.02 Å². The predicted molar refractivity (Wildman–Crippen MR) is 93.3 cm³/mol. The molecule has 8 heteroatoms. The molecule has 0 saturated carbocycles. The second-order valence-electron chi connectivity index (χ2n) is 5.15. The summed E-state index contributed by atoms with van der Waals surface area (Å²) in [5.74, 6) is 0.0427.